The standard InChI is InChI=1S/C23H26FN7O2/c1-13-7-17(21-27-12-28-30-21)18(24)8-16(13)19-9-25-22-23(29-19)31(20(32)10-26-22)11-14-3-5-15(33-2)6-4-14/h7-9,12,14-15H,3-6,10-11H2,1-2H3,(H,25,26)(H,27,28,30). The Balaban J connectivity index is 1.45. The number of nitrogens with one attached hydrogen (secondary N) is 2. The molecule has 1 fully saturated rings. The summed E-state index contributed by atoms with van der Waals surface area (Å²) in [6, 6.07) is 3.14. The summed E-state index contributed by atoms with van der Waals surface area (Å²) in [5.41, 5.74) is 2.28. The van der Waals surface area contributed by atoms with Crippen LogP contribution in [0.3, 0.4) is 0 Å². The van der Waals surface area contributed by atoms with Crippen LogP contribution < -0.4 is 10.2 Å². The highest BCUT2D eigenvalue weighted by molar-refractivity contribution is 6.01. The number of rotatable bonds is 5. The van der Waals surface area contributed by atoms with Gasteiger partial charge in [0, 0.05) is 19.2 Å². The number of aromatic nitrogens is 5. The van der Waals surface area contributed by atoms with Gasteiger partial charge in [-0.25, -0.2) is 19.3 Å². The summed E-state index contributed by atoms with van der Waals surface area (Å²) < 4.78 is 20.4. The van der Waals surface area contributed by atoms with E-state index in [4.69, 9.17) is 9.72 Å². The van der Waals surface area contributed by atoms with Crippen LogP contribution in [0.2, 0.25) is 0 Å². The summed E-state index contributed by atoms with van der Waals surface area (Å²) >= 11 is 0. The Labute approximate surface area is 190 Å². The van der Waals surface area contributed by atoms with E-state index in [2.05, 4.69) is 25.5 Å². The van der Waals surface area contributed by atoms with Gasteiger partial charge in [0.25, 0.3) is 0 Å². The third-order valence-electron chi connectivity index (χ3n) is 6.55. The number of ether oxygens (including phenoxy) is 1. The van der Waals surface area contributed by atoms with Gasteiger partial charge in [0.2, 0.25) is 5.91 Å². The minimum Gasteiger partial charge on any atom is -0.381 e. The Morgan fingerprint density at radius 2 is 2.00 bits per heavy atom. The van der Waals surface area contributed by atoms with Gasteiger partial charge < -0.3 is 10.1 Å². The summed E-state index contributed by atoms with van der Waals surface area (Å²) in [5.74, 6) is 1.34. The second-order valence-electron chi connectivity index (χ2n) is 8.64. The van der Waals surface area contributed by atoms with E-state index in [1.54, 1.807) is 24.3 Å². The number of hydrogen-bond acceptors (Lipinski definition) is 7. The predicted octanol–water partition coefficient (Wildman–Crippen LogP) is 3.34. The first-order valence-corrected chi connectivity index (χ1v) is 11.1. The van der Waals surface area contributed by atoms with E-state index in [1.807, 2.05) is 6.92 Å². The molecule has 1 aliphatic carbocycles. The Bertz CT molecular complexity index is 1160. The maximum Gasteiger partial charge on any atom is 0.247 e. The van der Waals surface area contributed by atoms with Gasteiger partial charge >= 0.3 is 0 Å². The van der Waals surface area contributed by atoms with Crippen LogP contribution in [0, 0.1) is 18.7 Å². The van der Waals surface area contributed by atoms with E-state index >= 15 is 0 Å². The maximum absolute atomic E-state index is 14.9. The predicted molar refractivity (Wildman–Crippen MR) is 121 cm³/mol. The average molecular weight is 452 g/mol. The zero-order chi connectivity index (χ0) is 22.9. The van der Waals surface area contributed by atoms with Gasteiger partial charge in [0.1, 0.15) is 12.1 Å². The summed E-state index contributed by atoms with van der Waals surface area (Å²) in [6.07, 6.45) is 7.26. The van der Waals surface area contributed by atoms with Crippen molar-refractivity contribution in [3.05, 3.63) is 36.0 Å². The van der Waals surface area contributed by atoms with Crippen LogP contribution in [-0.4, -0.2) is 57.4 Å². The number of carbonyl (C=O) groups excluding carboxylic acids is 1. The molecule has 3 heterocycles. The van der Waals surface area contributed by atoms with Crippen molar-refractivity contribution in [3.63, 3.8) is 0 Å². The van der Waals surface area contributed by atoms with E-state index in [9.17, 15) is 9.18 Å². The van der Waals surface area contributed by atoms with Gasteiger partial charge in [0.15, 0.2) is 17.5 Å². The lowest BCUT2D eigenvalue weighted by atomic mass is 9.87. The minimum atomic E-state index is -0.437. The maximum atomic E-state index is 14.9. The molecule has 10 heteroatoms. The molecule has 1 aliphatic heterocycles. The molecule has 33 heavy (non-hydrogen) atoms. The van der Waals surface area contributed by atoms with Crippen molar-refractivity contribution in [2.45, 2.75) is 38.7 Å². The molecular formula is C23H26FN7O2. The second-order valence-corrected chi connectivity index (χ2v) is 8.64. The van der Waals surface area contributed by atoms with Crippen molar-refractivity contribution in [1.29, 1.82) is 0 Å². The molecule has 1 saturated carbocycles. The molecule has 0 atom stereocenters. The number of anilines is 2. The summed E-state index contributed by atoms with van der Waals surface area (Å²) in [5, 5.41) is 9.53. The molecule has 2 aliphatic rings. The number of H-pyrrole nitrogens is 1. The van der Waals surface area contributed by atoms with Crippen LogP contribution in [0.5, 0.6) is 0 Å². The molecule has 3 aromatic rings. The number of benzene rings is 1. The highest BCUT2D eigenvalue weighted by Crippen LogP contribution is 2.34. The van der Waals surface area contributed by atoms with Gasteiger partial charge in [-0.15, -0.1) is 0 Å². The van der Waals surface area contributed by atoms with Crippen molar-refractivity contribution in [2.24, 2.45) is 5.92 Å². The number of fused-ring (bicyclic) bond motifs is 1. The Morgan fingerprint density at radius 3 is 2.73 bits per heavy atom. The van der Waals surface area contributed by atoms with Crippen LogP contribution in [0.25, 0.3) is 22.6 Å². The average Bonchev–Trinajstić information content (AvgIpc) is 3.37. The number of nitrogens with zero attached hydrogens (tertiary/aromatic N) is 5. The van der Waals surface area contributed by atoms with Crippen molar-refractivity contribution in [3.8, 4) is 22.6 Å². The Kier molecular flexibility index (Phi) is 5.76. The highest BCUT2D eigenvalue weighted by atomic mass is 19.1. The summed E-state index contributed by atoms with van der Waals surface area (Å²) in [4.78, 5) is 27.8. The number of halogens is 1. The lowest BCUT2D eigenvalue weighted by molar-refractivity contribution is -0.117. The van der Waals surface area contributed by atoms with Gasteiger partial charge in [-0.3, -0.25) is 14.8 Å². The fourth-order valence-corrected chi connectivity index (χ4v) is 4.67. The first kappa shape index (κ1) is 21.4. The fourth-order valence-electron chi connectivity index (χ4n) is 4.67. The zero-order valence-electron chi connectivity index (χ0n) is 18.6. The molecular weight excluding hydrogens is 425 g/mol. The van der Waals surface area contributed by atoms with E-state index in [0.29, 0.717) is 52.8 Å². The van der Waals surface area contributed by atoms with E-state index in [-0.39, 0.29) is 12.5 Å². The molecule has 2 aromatic heterocycles. The Hall–Kier alpha value is -3.40. The number of amides is 1. The van der Waals surface area contributed by atoms with Crippen molar-refractivity contribution in [2.75, 3.05) is 30.4 Å². The number of methoxy groups -OCH3 is 1. The smallest absolute Gasteiger partial charge is 0.247 e. The SMILES string of the molecule is COC1CCC(CN2C(=O)CNc3ncc(-c4cc(F)c(-c5ncn[nH]5)cc4C)nc32)CC1. The minimum absolute atomic E-state index is 0.0358. The summed E-state index contributed by atoms with van der Waals surface area (Å²) in [7, 11) is 1.75. The number of hydrogen-bond donors (Lipinski definition) is 2. The van der Waals surface area contributed by atoms with Gasteiger partial charge in [0.05, 0.1) is 30.1 Å². The van der Waals surface area contributed by atoms with Crippen molar-refractivity contribution >= 4 is 17.5 Å². The molecule has 0 unspecified atom stereocenters. The van der Waals surface area contributed by atoms with Crippen LogP contribution in [0.15, 0.2) is 24.7 Å². The first-order chi connectivity index (χ1) is 16.0. The van der Waals surface area contributed by atoms with Crippen LogP contribution in [0.1, 0.15) is 31.2 Å². The topological polar surface area (TPSA) is 109 Å². The molecule has 2 N–H and O–H groups in total. The van der Waals surface area contributed by atoms with Gasteiger partial charge in [-0.1, -0.05) is 0 Å². The van der Waals surface area contributed by atoms with E-state index < -0.39 is 5.82 Å². The van der Waals surface area contributed by atoms with Crippen molar-refractivity contribution in [1.82, 2.24) is 25.1 Å². The normalized spacial score (nSPS) is 20.5. The molecule has 1 amide bonds. The lowest BCUT2D eigenvalue weighted by Crippen LogP contribution is -2.44. The first-order valence-electron chi connectivity index (χ1n) is 11.1. The highest BCUT2D eigenvalue weighted by Gasteiger charge is 2.31. The van der Waals surface area contributed by atoms with Gasteiger partial charge in [-0.05, 0) is 56.2 Å². The second kappa shape index (κ2) is 8.86. The number of carbonyl (C=O) groups is 1. The van der Waals surface area contributed by atoms with Crippen LogP contribution in [-0.2, 0) is 9.53 Å². The molecule has 0 saturated heterocycles. The van der Waals surface area contributed by atoms with Crippen molar-refractivity contribution < 1.29 is 13.9 Å². The van der Waals surface area contributed by atoms with E-state index in [0.717, 1.165) is 31.2 Å². The zero-order valence-corrected chi connectivity index (χ0v) is 18.6. The molecule has 1 aromatic carbocycles. The van der Waals surface area contributed by atoms with E-state index in [1.165, 1.54) is 12.4 Å². The van der Waals surface area contributed by atoms with Crippen LogP contribution in [0.4, 0.5) is 16.0 Å². The molecule has 5 rings (SSSR count). The third-order valence-corrected chi connectivity index (χ3v) is 6.55. The molecule has 0 spiro atoms. The lowest BCUT2D eigenvalue weighted by Gasteiger charge is -2.34. The van der Waals surface area contributed by atoms with Gasteiger partial charge in [-0.2, -0.15) is 5.10 Å². The van der Waals surface area contributed by atoms with Crippen LogP contribution >= 0.6 is 0 Å². The molecule has 0 bridgehead atoms. The number of aromatic amines is 1. The molecule has 9 nitrogen and oxygen atoms in total. The Morgan fingerprint density at radius 1 is 1.18 bits per heavy atom. The number of aryl methyl sites for hydroxylation is 1. The third kappa shape index (κ3) is 4.18. The molecule has 0 radical (unpaired) electrons. The fraction of sp³-hybridized carbons (Fsp3) is 0.435. The quantitative estimate of drug-likeness (QED) is 0.612. The monoisotopic (exact) mass is 451 g/mol. The largest absolute Gasteiger partial charge is 0.381 e. The molecule has 172 valence electrons. The summed E-state index contributed by atoms with van der Waals surface area (Å²) in [6.45, 7) is 2.67.